The molecule has 5 heteroatoms. The number of carbonyl (C=O) groups excluding carboxylic acids is 1. The molecule has 1 amide bonds. The molecule has 0 radical (unpaired) electrons. The molecule has 4 rings (SSSR count). The van der Waals surface area contributed by atoms with Gasteiger partial charge in [0.2, 0.25) is 5.91 Å². The smallest absolute Gasteiger partial charge is 0.237 e. The lowest BCUT2D eigenvalue weighted by molar-refractivity contribution is -0.131. The first-order valence-corrected chi connectivity index (χ1v) is 9.26. The van der Waals surface area contributed by atoms with E-state index in [1.807, 2.05) is 36.4 Å². The first-order chi connectivity index (χ1) is 12.8. The van der Waals surface area contributed by atoms with E-state index < -0.39 is 0 Å². The van der Waals surface area contributed by atoms with Gasteiger partial charge >= 0.3 is 0 Å². The summed E-state index contributed by atoms with van der Waals surface area (Å²) < 4.78 is 2.16. The predicted molar refractivity (Wildman–Crippen MR) is 103 cm³/mol. The number of aromatic nitrogens is 2. The van der Waals surface area contributed by atoms with Crippen molar-refractivity contribution in [3.8, 4) is 0 Å². The van der Waals surface area contributed by atoms with Crippen molar-refractivity contribution in [3.63, 3.8) is 0 Å². The molecule has 2 heterocycles. The van der Waals surface area contributed by atoms with E-state index in [4.69, 9.17) is 0 Å². The van der Waals surface area contributed by atoms with Gasteiger partial charge < -0.3 is 9.88 Å². The molecule has 1 aromatic heterocycles. The van der Waals surface area contributed by atoms with Crippen molar-refractivity contribution in [1.82, 2.24) is 19.8 Å². The Kier molecular flexibility index (Phi) is 4.71. The van der Waals surface area contributed by atoms with Crippen LogP contribution >= 0.6 is 0 Å². The van der Waals surface area contributed by atoms with Gasteiger partial charge in [-0.1, -0.05) is 42.5 Å². The number of imidazole rings is 1. The summed E-state index contributed by atoms with van der Waals surface area (Å²) in [6.07, 6.45) is 0.920. The molecule has 1 atom stereocenters. The highest BCUT2D eigenvalue weighted by Gasteiger charge is 2.33. The number of nitrogens with zero attached hydrogens (tertiary/aromatic N) is 3. The Bertz CT molecular complexity index is 903. The van der Waals surface area contributed by atoms with Crippen LogP contribution < -0.4 is 5.32 Å². The summed E-state index contributed by atoms with van der Waals surface area (Å²) in [7, 11) is 0. The summed E-state index contributed by atoms with van der Waals surface area (Å²) in [6, 6.07) is 18.4. The number of amides is 1. The normalized spacial score (nSPS) is 17.2. The van der Waals surface area contributed by atoms with Crippen LogP contribution in [0.3, 0.4) is 0 Å². The van der Waals surface area contributed by atoms with Gasteiger partial charge in [-0.15, -0.1) is 0 Å². The Morgan fingerprint density at radius 1 is 1.15 bits per heavy atom. The van der Waals surface area contributed by atoms with Gasteiger partial charge in [-0.25, -0.2) is 4.98 Å². The van der Waals surface area contributed by atoms with Crippen molar-refractivity contribution in [2.75, 3.05) is 6.54 Å². The number of hydrogen-bond acceptors (Lipinski definition) is 3. The third-order valence-electron chi connectivity index (χ3n) is 5.13. The molecular weight excluding hydrogens is 324 g/mol. The van der Waals surface area contributed by atoms with Gasteiger partial charge in [0.15, 0.2) is 0 Å². The summed E-state index contributed by atoms with van der Waals surface area (Å²) in [5, 5.41) is 3.09. The first kappa shape index (κ1) is 16.8. The van der Waals surface area contributed by atoms with E-state index in [2.05, 4.69) is 44.9 Å². The zero-order valence-electron chi connectivity index (χ0n) is 15.1. The average molecular weight is 348 g/mol. The van der Waals surface area contributed by atoms with Crippen molar-refractivity contribution in [1.29, 1.82) is 0 Å². The van der Waals surface area contributed by atoms with E-state index in [1.165, 1.54) is 5.56 Å². The van der Waals surface area contributed by atoms with Crippen molar-refractivity contribution in [2.45, 2.75) is 39.0 Å². The summed E-state index contributed by atoms with van der Waals surface area (Å²) in [4.78, 5) is 19.5. The number of likely N-dealkylation sites (tertiary alicyclic amines) is 1. The van der Waals surface area contributed by atoms with Crippen LogP contribution in [0, 0.1) is 0 Å². The topological polar surface area (TPSA) is 50.2 Å². The van der Waals surface area contributed by atoms with Gasteiger partial charge in [0.05, 0.1) is 23.6 Å². The van der Waals surface area contributed by atoms with E-state index in [-0.39, 0.29) is 11.9 Å². The van der Waals surface area contributed by atoms with E-state index in [1.54, 1.807) is 0 Å². The van der Waals surface area contributed by atoms with E-state index >= 15 is 0 Å². The maximum absolute atomic E-state index is 12.6. The number of hydrogen-bond donors (Lipinski definition) is 1. The molecular formula is C21H24N4O. The molecule has 1 fully saturated rings. The molecule has 5 nitrogen and oxygen atoms in total. The van der Waals surface area contributed by atoms with Crippen LogP contribution in [0.2, 0.25) is 0 Å². The van der Waals surface area contributed by atoms with E-state index in [0.717, 1.165) is 42.9 Å². The number of carbonyl (C=O) groups is 1. The Morgan fingerprint density at radius 2 is 1.92 bits per heavy atom. The highest BCUT2D eigenvalue weighted by molar-refractivity contribution is 5.82. The van der Waals surface area contributed by atoms with Gasteiger partial charge in [0.1, 0.15) is 5.82 Å². The highest BCUT2D eigenvalue weighted by Crippen LogP contribution is 2.21. The Labute approximate surface area is 153 Å². The Morgan fingerprint density at radius 3 is 2.65 bits per heavy atom. The van der Waals surface area contributed by atoms with E-state index in [0.29, 0.717) is 6.54 Å². The lowest BCUT2D eigenvalue weighted by atomic mass is 10.0. The maximum Gasteiger partial charge on any atom is 0.237 e. The fourth-order valence-electron chi connectivity index (χ4n) is 3.64. The molecule has 0 saturated carbocycles. The van der Waals surface area contributed by atoms with Crippen LogP contribution in [0.5, 0.6) is 0 Å². The molecule has 0 spiro atoms. The standard InChI is InChI=1S/C21H24N4O/c1-2-25-18-11-7-6-10-17(18)23-20(25)14-22-21(26)19-12-13-24(19)15-16-8-4-3-5-9-16/h3-11,19H,2,12-15H2,1H3,(H,22,26). The lowest BCUT2D eigenvalue weighted by Gasteiger charge is -2.39. The second-order valence-electron chi connectivity index (χ2n) is 6.74. The molecule has 2 aromatic carbocycles. The molecule has 1 N–H and O–H groups in total. The minimum atomic E-state index is -0.0327. The summed E-state index contributed by atoms with van der Waals surface area (Å²) in [5.74, 6) is 1.01. The van der Waals surface area contributed by atoms with E-state index in [9.17, 15) is 4.79 Å². The minimum Gasteiger partial charge on any atom is -0.348 e. The average Bonchev–Trinajstić information content (AvgIpc) is 3.02. The predicted octanol–water partition coefficient (Wildman–Crippen LogP) is 2.95. The largest absolute Gasteiger partial charge is 0.348 e. The van der Waals surface area contributed by atoms with Crippen LogP contribution in [0.25, 0.3) is 11.0 Å². The van der Waals surface area contributed by atoms with Gasteiger partial charge in [-0.2, -0.15) is 0 Å². The number of rotatable bonds is 6. The number of nitrogens with one attached hydrogen (secondary N) is 1. The van der Waals surface area contributed by atoms with Crippen molar-refractivity contribution < 1.29 is 4.79 Å². The summed E-state index contributed by atoms with van der Waals surface area (Å²) >= 11 is 0. The Hall–Kier alpha value is -2.66. The molecule has 1 saturated heterocycles. The van der Waals surface area contributed by atoms with Crippen molar-refractivity contribution in [2.24, 2.45) is 0 Å². The first-order valence-electron chi connectivity index (χ1n) is 9.26. The highest BCUT2D eigenvalue weighted by atomic mass is 16.2. The van der Waals surface area contributed by atoms with Crippen LogP contribution in [-0.2, 0) is 24.4 Å². The molecule has 0 bridgehead atoms. The van der Waals surface area contributed by atoms with Crippen LogP contribution in [0.4, 0.5) is 0 Å². The van der Waals surface area contributed by atoms with Gasteiger partial charge in [-0.3, -0.25) is 9.69 Å². The lowest BCUT2D eigenvalue weighted by Crippen LogP contribution is -2.55. The number of fused-ring (bicyclic) bond motifs is 1. The molecule has 1 unspecified atom stereocenters. The molecule has 1 aliphatic heterocycles. The monoisotopic (exact) mass is 348 g/mol. The van der Waals surface area contributed by atoms with Crippen molar-refractivity contribution in [3.05, 3.63) is 66.0 Å². The Balaban J connectivity index is 1.40. The van der Waals surface area contributed by atoms with Crippen LogP contribution in [0.1, 0.15) is 24.7 Å². The van der Waals surface area contributed by atoms with Gasteiger partial charge in [-0.05, 0) is 31.0 Å². The quantitative estimate of drug-likeness (QED) is 0.745. The zero-order valence-corrected chi connectivity index (χ0v) is 15.1. The molecule has 134 valence electrons. The van der Waals surface area contributed by atoms with Crippen LogP contribution in [0.15, 0.2) is 54.6 Å². The molecule has 1 aliphatic rings. The molecule has 26 heavy (non-hydrogen) atoms. The van der Waals surface area contributed by atoms with Crippen molar-refractivity contribution >= 4 is 16.9 Å². The maximum atomic E-state index is 12.6. The summed E-state index contributed by atoms with van der Waals surface area (Å²) in [6.45, 7) is 5.21. The second kappa shape index (κ2) is 7.30. The molecule has 0 aliphatic carbocycles. The number of para-hydroxylation sites is 2. The van der Waals surface area contributed by atoms with Gasteiger partial charge in [0, 0.05) is 19.6 Å². The third kappa shape index (κ3) is 3.22. The number of aryl methyl sites for hydroxylation is 1. The van der Waals surface area contributed by atoms with Gasteiger partial charge in [0.25, 0.3) is 0 Å². The number of benzene rings is 2. The minimum absolute atomic E-state index is 0.0327. The fourth-order valence-corrected chi connectivity index (χ4v) is 3.64. The molecule has 3 aromatic rings. The fraction of sp³-hybridized carbons (Fsp3) is 0.333. The summed E-state index contributed by atoms with van der Waals surface area (Å²) in [5.41, 5.74) is 3.35. The zero-order chi connectivity index (χ0) is 17.9. The van der Waals surface area contributed by atoms with Crippen LogP contribution in [-0.4, -0.2) is 32.9 Å². The second-order valence-corrected chi connectivity index (χ2v) is 6.74. The SMILES string of the molecule is CCn1c(CNC(=O)C2CCN2Cc2ccccc2)nc2ccccc21. The third-order valence-corrected chi connectivity index (χ3v) is 5.13.